The molecule has 2 heterocycles. The van der Waals surface area contributed by atoms with E-state index in [0.29, 0.717) is 38.6 Å². The summed E-state index contributed by atoms with van der Waals surface area (Å²) in [6, 6.07) is 12.7. The van der Waals surface area contributed by atoms with Gasteiger partial charge >= 0.3 is 12.0 Å². The summed E-state index contributed by atoms with van der Waals surface area (Å²) in [5.74, 6) is 1.12. The zero-order valence-corrected chi connectivity index (χ0v) is 23.7. The Balaban J connectivity index is 1.51. The van der Waals surface area contributed by atoms with Crippen LogP contribution in [0.2, 0.25) is 0 Å². The summed E-state index contributed by atoms with van der Waals surface area (Å²) in [4.78, 5) is 33.0. The summed E-state index contributed by atoms with van der Waals surface area (Å²) in [6.07, 6.45) is 5.40. The Labute approximate surface area is 232 Å². The molecule has 2 aromatic rings. The van der Waals surface area contributed by atoms with E-state index in [1.807, 2.05) is 44.2 Å². The predicted octanol–water partition coefficient (Wildman–Crippen LogP) is 4.28. The third kappa shape index (κ3) is 10.8. The summed E-state index contributed by atoms with van der Waals surface area (Å²) >= 11 is 0. The highest BCUT2D eigenvalue weighted by molar-refractivity contribution is 5.82. The van der Waals surface area contributed by atoms with Gasteiger partial charge in [-0.3, -0.25) is 4.90 Å². The van der Waals surface area contributed by atoms with E-state index in [9.17, 15) is 14.7 Å². The number of aromatic nitrogens is 1. The van der Waals surface area contributed by atoms with E-state index in [4.69, 9.17) is 9.72 Å². The molecular weight excluding hydrogens is 494 g/mol. The number of rotatable bonds is 16. The lowest BCUT2D eigenvalue weighted by molar-refractivity contribution is -0.139. The van der Waals surface area contributed by atoms with Gasteiger partial charge in [-0.25, -0.2) is 14.6 Å². The average Bonchev–Trinajstić information content (AvgIpc) is 2.92. The fraction of sp³-hybridized carbons (Fsp3) is 0.567. The Morgan fingerprint density at radius 3 is 2.64 bits per heavy atom. The second kappa shape index (κ2) is 15.9. The quantitative estimate of drug-likeness (QED) is 0.273. The van der Waals surface area contributed by atoms with Crippen molar-refractivity contribution in [1.82, 2.24) is 20.1 Å². The van der Waals surface area contributed by atoms with Crippen LogP contribution in [-0.2, 0) is 17.6 Å². The Hall–Kier alpha value is -3.33. The maximum atomic E-state index is 12.5. The normalized spacial score (nSPS) is 13.5. The predicted molar refractivity (Wildman–Crippen MR) is 154 cm³/mol. The third-order valence-electron chi connectivity index (χ3n) is 6.84. The molecule has 1 aromatic heterocycles. The van der Waals surface area contributed by atoms with Crippen LogP contribution in [-0.4, -0.2) is 84.3 Å². The van der Waals surface area contributed by atoms with Gasteiger partial charge in [-0.2, -0.15) is 0 Å². The highest BCUT2D eigenvalue weighted by Gasteiger charge is 2.23. The molecule has 2 amide bonds. The zero-order valence-electron chi connectivity index (χ0n) is 23.7. The number of para-hydroxylation sites is 1. The number of hydrogen-bond acceptors (Lipinski definition) is 6. The molecule has 9 heteroatoms. The van der Waals surface area contributed by atoms with Crippen LogP contribution < -0.4 is 15.4 Å². The number of benzene rings is 1. The van der Waals surface area contributed by atoms with Gasteiger partial charge in [0.2, 0.25) is 0 Å². The highest BCUT2D eigenvalue weighted by atomic mass is 16.5. The van der Waals surface area contributed by atoms with Gasteiger partial charge in [-0.1, -0.05) is 38.1 Å². The van der Waals surface area contributed by atoms with Gasteiger partial charge < -0.3 is 25.4 Å². The van der Waals surface area contributed by atoms with E-state index >= 15 is 0 Å². The van der Waals surface area contributed by atoms with Gasteiger partial charge in [0, 0.05) is 38.9 Å². The lowest BCUT2D eigenvalue weighted by atomic mass is 10.1. The molecule has 1 aliphatic heterocycles. The van der Waals surface area contributed by atoms with Crippen molar-refractivity contribution in [2.75, 3.05) is 51.7 Å². The molecule has 0 unspecified atom stereocenters. The fourth-order valence-electron chi connectivity index (χ4n) is 4.75. The second-order valence-electron chi connectivity index (χ2n) is 10.7. The number of carbonyl (C=O) groups is 2. The molecule has 9 nitrogen and oxygen atoms in total. The van der Waals surface area contributed by atoms with E-state index in [0.717, 1.165) is 62.5 Å². The lowest BCUT2D eigenvalue weighted by Gasteiger charge is -2.26. The number of carboxylic acids is 1. The zero-order chi connectivity index (χ0) is 28.0. The summed E-state index contributed by atoms with van der Waals surface area (Å²) in [6.45, 7) is 8.12. The molecule has 3 rings (SSSR count). The van der Waals surface area contributed by atoms with E-state index < -0.39 is 12.0 Å². The molecule has 0 bridgehead atoms. The van der Waals surface area contributed by atoms with Crippen LogP contribution in [0.1, 0.15) is 50.8 Å². The van der Waals surface area contributed by atoms with Crippen LogP contribution in [0.15, 0.2) is 42.5 Å². The number of ether oxygens (including phenoxy) is 1. The number of pyridine rings is 1. The topological polar surface area (TPSA) is 107 Å². The van der Waals surface area contributed by atoms with Crippen LogP contribution in [0.3, 0.4) is 0 Å². The lowest BCUT2D eigenvalue weighted by Crippen LogP contribution is -2.48. The van der Waals surface area contributed by atoms with E-state index in [2.05, 4.69) is 27.7 Å². The maximum absolute atomic E-state index is 12.5. The van der Waals surface area contributed by atoms with Gasteiger partial charge in [0.15, 0.2) is 0 Å². The first-order valence-electron chi connectivity index (χ1n) is 14.2. The molecule has 0 saturated heterocycles. The molecule has 39 heavy (non-hydrogen) atoms. The smallest absolute Gasteiger partial charge is 0.326 e. The Bertz CT molecular complexity index is 1030. The number of carbonyl (C=O) groups excluding carboxylic acids is 1. The molecule has 0 radical (unpaired) electrons. The molecule has 3 N–H and O–H groups in total. The number of carboxylic acid groups (broad SMARTS) is 1. The largest absolute Gasteiger partial charge is 0.492 e. The number of aliphatic carboxylic acids is 1. The fourth-order valence-corrected chi connectivity index (χ4v) is 4.75. The minimum Gasteiger partial charge on any atom is -0.492 e. The molecule has 214 valence electrons. The van der Waals surface area contributed by atoms with Crippen molar-refractivity contribution in [2.24, 2.45) is 5.92 Å². The second-order valence-corrected chi connectivity index (χ2v) is 10.7. The number of unbranched alkanes of at least 4 members (excludes halogenated alkanes) is 1. The SMILES string of the molecule is CC(C)CN(C)C(=O)N[C@@H](CCN(CCCCc1ccc2c(n1)NCCC2)CCOc1ccccc1)C(=O)O. The van der Waals surface area contributed by atoms with Gasteiger partial charge in [0.25, 0.3) is 0 Å². The van der Waals surface area contributed by atoms with Crippen LogP contribution >= 0.6 is 0 Å². The molecule has 0 spiro atoms. The summed E-state index contributed by atoms with van der Waals surface area (Å²) in [5.41, 5.74) is 2.39. The first-order chi connectivity index (χ1) is 18.8. The van der Waals surface area contributed by atoms with E-state index in [1.165, 1.54) is 10.5 Å². The monoisotopic (exact) mass is 539 g/mol. The first kappa shape index (κ1) is 30.2. The Morgan fingerprint density at radius 2 is 1.90 bits per heavy atom. The first-order valence-corrected chi connectivity index (χ1v) is 14.2. The van der Waals surface area contributed by atoms with Crippen molar-refractivity contribution >= 4 is 17.8 Å². The maximum Gasteiger partial charge on any atom is 0.326 e. The summed E-state index contributed by atoms with van der Waals surface area (Å²) < 4.78 is 5.90. The molecular formula is C30H45N5O4. The number of nitrogens with one attached hydrogen (secondary N) is 2. The molecule has 1 aromatic carbocycles. The average molecular weight is 540 g/mol. The third-order valence-corrected chi connectivity index (χ3v) is 6.84. The van der Waals surface area contributed by atoms with Gasteiger partial charge in [0.05, 0.1) is 0 Å². The van der Waals surface area contributed by atoms with Crippen LogP contribution in [0.4, 0.5) is 10.6 Å². The van der Waals surface area contributed by atoms with Crippen molar-refractivity contribution in [3.05, 3.63) is 53.7 Å². The van der Waals surface area contributed by atoms with Crippen molar-refractivity contribution in [1.29, 1.82) is 0 Å². The number of urea groups is 1. The minimum absolute atomic E-state index is 0.303. The summed E-state index contributed by atoms with van der Waals surface area (Å²) in [7, 11) is 1.69. The van der Waals surface area contributed by atoms with Crippen molar-refractivity contribution in [3.63, 3.8) is 0 Å². The number of anilines is 1. The Morgan fingerprint density at radius 1 is 1.10 bits per heavy atom. The van der Waals surface area contributed by atoms with Crippen molar-refractivity contribution < 1.29 is 19.4 Å². The molecule has 0 aliphatic carbocycles. The number of hydrogen-bond donors (Lipinski definition) is 3. The standard InChI is InChI=1S/C30H45N5O4/c1-23(2)22-34(3)30(38)33-27(29(36)37)16-19-35(20-21-39-26-12-5-4-6-13-26)18-8-7-11-25-15-14-24-10-9-17-31-28(24)32-25/h4-6,12-15,23,27H,7-11,16-22H2,1-3H3,(H,31,32)(H,33,38)(H,36,37)/t27-/m0/s1. The molecule has 0 fully saturated rings. The Kier molecular flexibility index (Phi) is 12.3. The van der Waals surface area contributed by atoms with Gasteiger partial charge in [-0.05, 0) is 74.8 Å². The highest BCUT2D eigenvalue weighted by Crippen LogP contribution is 2.20. The summed E-state index contributed by atoms with van der Waals surface area (Å²) in [5, 5.41) is 15.8. The van der Waals surface area contributed by atoms with Crippen LogP contribution in [0, 0.1) is 5.92 Å². The van der Waals surface area contributed by atoms with Crippen LogP contribution in [0.5, 0.6) is 5.75 Å². The number of aryl methyl sites for hydroxylation is 2. The minimum atomic E-state index is -1.02. The van der Waals surface area contributed by atoms with E-state index in [-0.39, 0.29) is 6.03 Å². The van der Waals surface area contributed by atoms with Crippen molar-refractivity contribution in [3.8, 4) is 5.75 Å². The number of fused-ring (bicyclic) bond motifs is 1. The number of nitrogens with zero attached hydrogens (tertiary/aromatic N) is 3. The van der Waals surface area contributed by atoms with E-state index in [1.54, 1.807) is 7.05 Å². The van der Waals surface area contributed by atoms with Crippen molar-refractivity contribution in [2.45, 2.75) is 58.4 Å². The van der Waals surface area contributed by atoms with Crippen LogP contribution in [0.25, 0.3) is 0 Å². The van der Waals surface area contributed by atoms with Gasteiger partial charge in [-0.15, -0.1) is 0 Å². The molecule has 1 atom stereocenters. The molecule has 0 saturated carbocycles. The number of amides is 2. The van der Waals surface area contributed by atoms with Gasteiger partial charge in [0.1, 0.15) is 24.2 Å². The molecule has 1 aliphatic rings.